The van der Waals surface area contributed by atoms with Crippen LogP contribution in [0, 0.1) is 18.6 Å². The number of benzene rings is 1. The molecule has 0 N–H and O–H groups in total. The van der Waals surface area contributed by atoms with Crippen molar-refractivity contribution < 1.29 is 13.2 Å². The van der Waals surface area contributed by atoms with Crippen molar-refractivity contribution >= 4 is 11.6 Å². The van der Waals surface area contributed by atoms with Crippen LogP contribution in [0.2, 0.25) is 0 Å². The first-order valence-electron chi connectivity index (χ1n) is 4.59. The fraction of sp³-hybridized carbons (Fsp3) is 0.182. The van der Waals surface area contributed by atoms with Crippen LogP contribution in [0.1, 0.15) is 11.3 Å². The van der Waals surface area contributed by atoms with Gasteiger partial charge in [-0.1, -0.05) is 6.07 Å². The van der Waals surface area contributed by atoms with Crippen LogP contribution in [0.3, 0.4) is 0 Å². The van der Waals surface area contributed by atoms with Crippen LogP contribution < -0.4 is 0 Å². The normalized spacial score (nSPS) is 10.8. The van der Waals surface area contributed by atoms with Crippen molar-refractivity contribution in [2.24, 2.45) is 0 Å². The van der Waals surface area contributed by atoms with Gasteiger partial charge in [0.1, 0.15) is 23.5 Å². The van der Waals surface area contributed by atoms with E-state index in [2.05, 4.69) is 4.98 Å². The molecule has 0 aliphatic heterocycles. The summed E-state index contributed by atoms with van der Waals surface area (Å²) in [5, 5.41) is 0. The summed E-state index contributed by atoms with van der Waals surface area (Å²) in [6.45, 7) is 1.55. The van der Waals surface area contributed by atoms with Gasteiger partial charge in [-0.3, -0.25) is 0 Å². The maximum Gasteiger partial charge on any atom is 0.232 e. The van der Waals surface area contributed by atoms with E-state index in [4.69, 9.17) is 16.0 Å². The summed E-state index contributed by atoms with van der Waals surface area (Å²) >= 11 is 5.53. The van der Waals surface area contributed by atoms with Crippen molar-refractivity contribution in [1.82, 2.24) is 4.98 Å². The lowest BCUT2D eigenvalue weighted by Crippen LogP contribution is -1.93. The molecule has 2 rings (SSSR count). The maximum absolute atomic E-state index is 13.7. The van der Waals surface area contributed by atoms with E-state index in [1.807, 2.05) is 0 Å². The molecule has 0 unspecified atom stereocenters. The number of aromatic nitrogens is 1. The van der Waals surface area contributed by atoms with E-state index in [1.54, 1.807) is 6.92 Å². The predicted octanol–water partition coefficient (Wildman–Crippen LogP) is 3.67. The molecular weight excluding hydrogens is 236 g/mol. The fourth-order valence-corrected chi connectivity index (χ4v) is 1.46. The standard InChI is InChI=1S/C11H8ClF2NO/c1-6-2-3-8(13)9(10(6)14)11-15-7(4-12)5-16-11/h2-3,5H,4H2,1H3. The van der Waals surface area contributed by atoms with Gasteiger partial charge >= 0.3 is 0 Å². The number of hydrogen-bond donors (Lipinski definition) is 0. The Labute approximate surface area is 95.9 Å². The summed E-state index contributed by atoms with van der Waals surface area (Å²) in [5.74, 6) is -1.32. The summed E-state index contributed by atoms with van der Waals surface area (Å²) in [5.41, 5.74) is 0.523. The van der Waals surface area contributed by atoms with Gasteiger partial charge in [0.15, 0.2) is 0 Å². The molecular formula is C11H8ClF2NO. The highest BCUT2D eigenvalue weighted by atomic mass is 35.5. The maximum atomic E-state index is 13.7. The molecule has 0 radical (unpaired) electrons. The molecule has 0 saturated carbocycles. The van der Waals surface area contributed by atoms with Crippen LogP contribution in [-0.2, 0) is 5.88 Å². The minimum atomic E-state index is -0.703. The first-order chi connectivity index (χ1) is 7.63. The van der Waals surface area contributed by atoms with Crippen molar-refractivity contribution in [1.29, 1.82) is 0 Å². The number of oxazole rings is 1. The third-order valence-corrected chi connectivity index (χ3v) is 2.46. The van der Waals surface area contributed by atoms with Gasteiger partial charge in [-0.25, -0.2) is 13.8 Å². The molecule has 5 heteroatoms. The van der Waals surface area contributed by atoms with Crippen molar-refractivity contribution in [3.8, 4) is 11.5 Å². The lowest BCUT2D eigenvalue weighted by Gasteiger charge is -2.02. The van der Waals surface area contributed by atoms with Crippen LogP contribution >= 0.6 is 11.6 Å². The molecule has 0 aliphatic carbocycles. The number of rotatable bonds is 2. The Morgan fingerprint density at radius 2 is 2.12 bits per heavy atom. The van der Waals surface area contributed by atoms with E-state index in [-0.39, 0.29) is 17.3 Å². The summed E-state index contributed by atoms with van der Waals surface area (Å²) < 4.78 is 32.1. The van der Waals surface area contributed by atoms with Gasteiger partial charge in [-0.15, -0.1) is 11.6 Å². The highest BCUT2D eigenvalue weighted by Crippen LogP contribution is 2.27. The van der Waals surface area contributed by atoms with Gasteiger partial charge in [0, 0.05) is 0 Å². The van der Waals surface area contributed by atoms with Crippen LogP contribution in [0.5, 0.6) is 0 Å². The van der Waals surface area contributed by atoms with Crippen molar-refractivity contribution in [2.75, 3.05) is 0 Å². The Bertz CT molecular complexity index is 525. The monoisotopic (exact) mass is 243 g/mol. The van der Waals surface area contributed by atoms with Crippen molar-refractivity contribution in [2.45, 2.75) is 12.8 Å². The molecule has 0 fully saturated rings. The molecule has 1 aromatic heterocycles. The Morgan fingerprint density at radius 3 is 2.75 bits per heavy atom. The van der Waals surface area contributed by atoms with Crippen molar-refractivity contribution in [3.05, 3.63) is 41.3 Å². The first kappa shape index (κ1) is 11.1. The molecule has 0 spiro atoms. The predicted molar refractivity (Wildman–Crippen MR) is 56.1 cm³/mol. The molecule has 0 saturated heterocycles. The SMILES string of the molecule is Cc1ccc(F)c(-c2nc(CCl)co2)c1F. The quantitative estimate of drug-likeness (QED) is 0.753. The Balaban J connectivity index is 2.58. The van der Waals surface area contributed by atoms with E-state index in [9.17, 15) is 8.78 Å². The van der Waals surface area contributed by atoms with Gasteiger partial charge in [-0.2, -0.15) is 0 Å². The number of nitrogens with zero attached hydrogens (tertiary/aromatic N) is 1. The van der Waals surface area contributed by atoms with Gasteiger partial charge in [-0.05, 0) is 18.6 Å². The average Bonchev–Trinajstić information content (AvgIpc) is 2.73. The van der Waals surface area contributed by atoms with E-state index >= 15 is 0 Å². The smallest absolute Gasteiger partial charge is 0.232 e. The zero-order valence-corrected chi connectivity index (χ0v) is 9.18. The summed E-state index contributed by atoms with van der Waals surface area (Å²) in [7, 11) is 0. The minimum absolute atomic E-state index is 0.0886. The highest BCUT2D eigenvalue weighted by Gasteiger charge is 2.18. The number of hydrogen-bond acceptors (Lipinski definition) is 2. The molecule has 84 valence electrons. The van der Waals surface area contributed by atoms with E-state index < -0.39 is 11.6 Å². The average molecular weight is 244 g/mol. The van der Waals surface area contributed by atoms with E-state index in [0.717, 1.165) is 0 Å². The van der Waals surface area contributed by atoms with Gasteiger partial charge in [0.2, 0.25) is 5.89 Å². The van der Waals surface area contributed by atoms with Crippen LogP contribution in [0.25, 0.3) is 11.5 Å². The second-order valence-corrected chi connectivity index (χ2v) is 3.60. The van der Waals surface area contributed by atoms with E-state index in [1.165, 1.54) is 18.4 Å². The molecule has 2 aromatic rings. The van der Waals surface area contributed by atoms with Gasteiger partial charge < -0.3 is 4.42 Å². The summed E-state index contributed by atoms with van der Waals surface area (Å²) in [4.78, 5) is 3.88. The summed E-state index contributed by atoms with van der Waals surface area (Å²) in [6.07, 6.45) is 1.28. The molecule has 0 atom stereocenters. The Morgan fingerprint density at radius 1 is 1.38 bits per heavy atom. The molecule has 1 aromatic carbocycles. The van der Waals surface area contributed by atoms with Crippen LogP contribution in [-0.4, -0.2) is 4.98 Å². The third-order valence-electron chi connectivity index (χ3n) is 2.19. The second kappa shape index (κ2) is 4.22. The highest BCUT2D eigenvalue weighted by molar-refractivity contribution is 6.16. The topological polar surface area (TPSA) is 26.0 Å². The number of aryl methyl sites for hydroxylation is 1. The molecule has 0 bridgehead atoms. The number of alkyl halides is 1. The second-order valence-electron chi connectivity index (χ2n) is 3.33. The molecule has 0 amide bonds. The first-order valence-corrected chi connectivity index (χ1v) is 5.12. The third kappa shape index (κ3) is 1.80. The Kier molecular flexibility index (Phi) is 2.92. The number of halogens is 3. The Hall–Kier alpha value is -1.42. The van der Waals surface area contributed by atoms with Gasteiger partial charge in [0.25, 0.3) is 0 Å². The lowest BCUT2D eigenvalue weighted by molar-refractivity contribution is 0.539. The minimum Gasteiger partial charge on any atom is -0.444 e. The molecule has 1 heterocycles. The van der Waals surface area contributed by atoms with E-state index in [0.29, 0.717) is 11.3 Å². The van der Waals surface area contributed by atoms with Crippen molar-refractivity contribution in [3.63, 3.8) is 0 Å². The van der Waals surface area contributed by atoms with Crippen LogP contribution in [0.4, 0.5) is 8.78 Å². The fourth-order valence-electron chi connectivity index (χ4n) is 1.34. The molecule has 0 aliphatic rings. The zero-order chi connectivity index (χ0) is 11.7. The summed E-state index contributed by atoms with van der Waals surface area (Å²) in [6, 6.07) is 2.54. The van der Waals surface area contributed by atoms with Gasteiger partial charge in [0.05, 0.1) is 11.6 Å². The van der Waals surface area contributed by atoms with Crippen LogP contribution in [0.15, 0.2) is 22.8 Å². The molecule has 16 heavy (non-hydrogen) atoms. The largest absolute Gasteiger partial charge is 0.444 e. The lowest BCUT2D eigenvalue weighted by atomic mass is 10.1. The molecule has 2 nitrogen and oxygen atoms in total. The zero-order valence-electron chi connectivity index (χ0n) is 8.43.